The second-order valence-corrected chi connectivity index (χ2v) is 4.13. The van der Waals surface area contributed by atoms with Crippen molar-refractivity contribution in [1.29, 1.82) is 0 Å². The van der Waals surface area contributed by atoms with Gasteiger partial charge in [-0.05, 0) is 19.1 Å². The fourth-order valence-corrected chi connectivity index (χ4v) is 1.67. The van der Waals surface area contributed by atoms with E-state index in [0.29, 0.717) is 35.3 Å². The molecule has 1 aliphatic rings. The van der Waals surface area contributed by atoms with Crippen LogP contribution >= 0.6 is 0 Å². The number of methoxy groups -OCH3 is 1. The van der Waals surface area contributed by atoms with Crippen molar-refractivity contribution in [2.24, 2.45) is 5.10 Å². The first-order chi connectivity index (χ1) is 8.61. The van der Waals surface area contributed by atoms with Gasteiger partial charge in [0.05, 0.1) is 12.8 Å². The van der Waals surface area contributed by atoms with Gasteiger partial charge >= 0.3 is 0 Å². The second-order valence-electron chi connectivity index (χ2n) is 4.13. The monoisotopic (exact) mass is 255 g/mol. The fourth-order valence-electron chi connectivity index (χ4n) is 1.67. The number of benzene rings is 1. The number of hydrogen-bond acceptors (Lipinski definition) is 4. The Bertz CT molecular complexity index is 461. The molecule has 1 aromatic carbocycles. The molecule has 1 heterocycles. The molecule has 6 heteroatoms. The summed E-state index contributed by atoms with van der Waals surface area (Å²) in [6.07, 6.45) is 0. The highest BCUT2D eigenvalue weighted by Gasteiger charge is 2.24. The highest BCUT2D eigenvalue weighted by atomic mass is 19.2. The molecule has 1 N–H and O–H groups in total. The van der Waals surface area contributed by atoms with E-state index in [-0.39, 0.29) is 6.04 Å². The highest BCUT2D eigenvalue weighted by Crippen LogP contribution is 2.21. The van der Waals surface area contributed by atoms with Crippen molar-refractivity contribution < 1.29 is 13.6 Å². The average Bonchev–Trinajstić information content (AvgIpc) is 2.25. The molecule has 0 amide bonds. The summed E-state index contributed by atoms with van der Waals surface area (Å²) in [5, 5.41) is 7.25. The van der Waals surface area contributed by atoms with E-state index in [1.807, 2.05) is 0 Å². The summed E-state index contributed by atoms with van der Waals surface area (Å²) in [6.45, 7) is 2.82. The molecule has 18 heavy (non-hydrogen) atoms. The van der Waals surface area contributed by atoms with Crippen LogP contribution in [0, 0.1) is 5.82 Å². The minimum Gasteiger partial charge on any atom is -0.496 e. The number of hydrogen-bond donors (Lipinski definition) is 1. The van der Waals surface area contributed by atoms with Crippen molar-refractivity contribution in [3.05, 3.63) is 29.6 Å². The van der Waals surface area contributed by atoms with Gasteiger partial charge in [-0.25, -0.2) is 4.39 Å². The Hall–Kier alpha value is -1.69. The third kappa shape index (κ3) is 2.59. The summed E-state index contributed by atoms with van der Waals surface area (Å²) in [5.41, 5.74) is 1.02. The van der Waals surface area contributed by atoms with Crippen LogP contribution in [0.15, 0.2) is 23.3 Å². The Morgan fingerprint density at radius 2 is 2.22 bits per heavy atom. The lowest BCUT2D eigenvalue weighted by Gasteiger charge is -2.29. The number of ether oxygens (including phenoxy) is 1. The van der Waals surface area contributed by atoms with Crippen molar-refractivity contribution in [1.82, 2.24) is 10.5 Å². The van der Waals surface area contributed by atoms with Crippen LogP contribution in [0.5, 0.6) is 5.75 Å². The maximum Gasteiger partial charge on any atom is 0.130 e. The summed E-state index contributed by atoms with van der Waals surface area (Å²) in [7, 11) is 1.44. The van der Waals surface area contributed by atoms with Crippen molar-refractivity contribution in [2.45, 2.75) is 13.0 Å². The Labute approximate surface area is 104 Å². The Morgan fingerprint density at radius 1 is 1.50 bits per heavy atom. The average molecular weight is 255 g/mol. The van der Waals surface area contributed by atoms with Crippen LogP contribution in [-0.4, -0.2) is 37.2 Å². The predicted octanol–water partition coefficient (Wildman–Crippen LogP) is 1.72. The summed E-state index contributed by atoms with van der Waals surface area (Å²) < 4.78 is 31.7. The van der Waals surface area contributed by atoms with E-state index in [1.54, 1.807) is 6.92 Å². The zero-order valence-electron chi connectivity index (χ0n) is 10.3. The number of nitrogens with one attached hydrogen (secondary N) is 1. The van der Waals surface area contributed by atoms with E-state index in [2.05, 4.69) is 10.4 Å². The van der Waals surface area contributed by atoms with Gasteiger partial charge in [0.25, 0.3) is 0 Å². The molecule has 0 aliphatic carbocycles. The summed E-state index contributed by atoms with van der Waals surface area (Å²) in [4.78, 5) is 0. The van der Waals surface area contributed by atoms with Crippen LogP contribution in [0.2, 0.25) is 0 Å². The first kappa shape index (κ1) is 12.8. The van der Waals surface area contributed by atoms with Crippen LogP contribution in [-0.2, 0) is 0 Å². The van der Waals surface area contributed by atoms with Crippen LogP contribution in [0.4, 0.5) is 8.87 Å². The van der Waals surface area contributed by atoms with Gasteiger partial charge in [-0.3, -0.25) is 0 Å². The molecule has 0 unspecified atom stereocenters. The standard InChI is InChI=1S/C12H15F2N3O/c1-8(16-17(14)10-6-15-7-10)11-4-3-9(13)5-12(11)18-2/h3-5,10,15H,6-7H2,1-2H3/b16-8+. The number of hydrazone groups is 1. The SMILES string of the molecule is COc1cc(F)ccc1/C(C)=N/N(F)C1CNC1. The molecular formula is C12H15F2N3O. The topological polar surface area (TPSA) is 36.9 Å². The number of halogens is 2. The van der Waals surface area contributed by atoms with E-state index < -0.39 is 5.82 Å². The summed E-state index contributed by atoms with van der Waals surface area (Å²) in [5.74, 6) is -0.0555. The van der Waals surface area contributed by atoms with E-state index >= 15 is 0 Å². The molecule has 0 bridgehead atoms. The largest absolute Gasteiger partial charge is 0.496 e. The molecule has 1 fully saturated rings. The van der Waals surface area contributed by atoms with Gasteiger partial charge in [0, 0.05) is 24.7 Å². The quantitative estimate of drug-likeness (QED) is 0.505. The molecule has 98 valence electrons. The van der Waals surface area contributed by atoms with Gasteiger partial charge in [-0.1, -0.05) is 4.48 Å². The highest BCUT2D eigenvalue weighted by molar-refractivity contribution is 6.00. The third-order valence-electron chi connectivity index (χ3n) is 2.86. The fraction of sp³-hybridized carbons (Fsp3) is 0.417. The van der Waals surface area contributed by atoms with Gasteiger partial charge < -0.3 is 10.1 Å². The molecule has 1 saturated heterocycles. The Kier molecular flexibility index (Phi) is 3.76. The van der Waals surface area contributed by atoms with Crippen LogP contribution in [0.25, 0.3) is 0 Å². The maximum atomic E-state index is 13.6. The van der Waals surface area contributed by atoms with Gasteiger partial charge in [0.1, 0.15) is 17.6 Å². The van der Waals surface area contributed by atoms with E-state index in [9.17, 15) is 8.87 Å². The van der Waals surface area contributed by atoms with E-state index in [1.165, 1.54) is 25.3 Å². The molecule has 4 nitrogen and oxygen atoms in total. The first-order valence-corrected chi connectivity index (χ1v) is 5.66. The normalized spacial score (nSPS) is 16.3. The lowest BCUT2D eigenvalue weighted by Crippen LogP contribution is -2.53. The molecule has 0 radical (unpaired) electrons. The molecule has 0 saturated carbocycles. The van der Waals surface area contributed by atoms with E-state index in [4.69, 9.17) is 4.74 Å². The smallest absolute Gasteiger partial charge is 0.130 e. The maximum absolute atomic E-state index is 13.6. The molecule has 0 atom stereocenters. The van der Waals surface area contributed by atoms with Crippen molar-refractivity contribution >= 4 is 5.71 Å². The van der Waals surface area contributed by atoms with Gasteiger partial charge in [-0.15, -0.1) is 5.23 Å². The molecule has 1 aromatic rings. The van der Waals surface area contributed by atoms with E-state index in [0.717, 1.165) is 0 Å². The van der Waals surface area contributed by atoms with Gasteiger partial charge in [0.2, 0.25) is 0 Å². The van der Waals surface area contributed by atoms with Crippen LogP contribution < -0.4 is 10.1 Å². The van der Waals surface area contributed by atoms with Crippen molar-refractivity contribution in [3.8, 4) is 5.75 Å². The zero-order chi connectivity index (χ0) is 13.1. The Morgan fingerprint density at radius 3 is 2.78 bits per heavy atom. The predicted molar refractivity (Wildman–Crippen MR) is 64.8 cm³/mol. The van der Waals surface area contributed by atoms with Gasteiger partial charge in [-0.2, -0.15) is 5.10 Å². The van der Waals surface area contributed by atoms with Crippen LogP contribution in [0.3, 0.4) is 0 Å². The summed E-state index contributed by atoms with van der Waals surface area (Å²) in [6, 6.07) is 3.85. The minimum atomic E-state index is -0.399. The van der Waals surface area contributed by atoms with Crippen LogP contribution in [0.1, 0.15) is 12.5 Å². The molecule has 0 aromatic heterocycles. The number of rotatable bonds is 4. The molecular weight excluding hydrogens is 240 g/mol. The van der Waals surface area contributed by atoms with Crippen molar-refractivity contribution in [2.75, 3.05) is 20.2 Å². The molecule has 2 rings (SSSR count). The lowest BCUT2D eigenvalue weighted by atomic mass is 10.1. The first-order valence-electron chi connectivity index (χ1n) is 5.66. The minimum absolute atomic E-state index is 0.230. The second kappa shape index (κ2) is 5.30. The third-order valence-corrected chi connectivity index (χ3v) is 2.86. The zero-order valence-corrected chi connectivity index (χ0v) is 10.3. The Balaban J connectivity index is 2.21. The summed E-state index contributed by atoms with van der Waals surface area (Å²) >= 11 is 0. The van der Waals surface area contributed by atoms with Crippen molar-refractivity contribution in [3.63, 3.8) is 0 Å². The van der Waals surface area contributed by atoms with Gasteiger partial charge in [0.15, 0.2) is 0 Å². The number of nitrogens with zero attached hydrogens (tertiary/aromatic N) is 2. The lowest BCUT2D eigenvalue weighted by molar-refractivity contribution is -0.0394. The molecule has 0 spiro atoms. The molecule has 1 aliphatic heterocycles.